The van der Waals surface area contributed by atoms with Crippen LogP contribution in [0.25, 0.3) is 11.0 Å². The van der Waals surface area contributed by atoms with Gasteiger partial charge in [0.1, 0.15) is 0 Å². The summed E-state index contributed by atoms with van der Waals surface area (Å²) < 4.78 is 0. The molecule has 0 spiro atoms. The van der Waals surface area contributed by atoms with Crippen LogP contribution in [0, 0.1) is 5.41 Å². The topological polar surface area (TPSA) is 109 Å². The number of nitrogen functional groups attached to an aromatic ring is 1. The summed E-state index contributed by atoms with van der Waals surface area (Å²) in [5.74, 6) is -0.112. The number of imidazole rings is 1. The molecule has 0 saturated heterocycles. The minimum absolute atomic E-state index is 0.0910. The van der Waals surface area contributed by atoms with Gasteiger partial charge in [0.05, 0.1) is 16.7 Å². The molecular weight excluding hydrogens is 350 g/mol. The van der Waals surface area contributed by atoms with Crippen LogP contribution >= 0.6 is 0 Å². The summed E-state index contributed by atoms with van der Waals surface area (Å²) in [4.78, 5) is 24.4. The number of nitrogens with one attached hydrogen (secondary N) is 2. The standard InChI is InChI=1S/C22H19N5O/c1-13(14-5-3-2-4-6-14)21(28)22-26-18-11-16(17(23)12-19(18)27-22)20(24)15-7-9-25-10-8-15/h2-13,24H,23H2,1H3,(H,26,27). The monoisotopic (exact) mass is 369 g/mol. The van der Waals surface area contributed by atoms with Crippen molar-refractivity contribution < 1.29 is 4.79 Å². The highest BCUT2D eigenvalue weighted by Gasteiger charge is 2.21. The number of nitrogens with zero attached hydrogens (tertiary/aromatic N) is 2. The van der Waals surface area contributed by atoms with Crippen molar-refractivity contribution in [2.24, 2.45) is 0 Å². The summed E-state index contributed by atoms with van der Waals surface area (Å²) in [6, 6.07) is 16.6. The van der Waals surface area contributed by atoms with E-state index >= 15 is 0 Å². The highest BCUT2D eigenvalue weighted by Crippen LogP contribution is 2.25. The summed E-state index contributed by atoms with van der Waals surface area (Å²) in [7, 11) is 0. The van der Waals surface area contributed by atoms with Crippen molar-refractivity contribution in [2.45, 2.75) is 12.8 Å². The van der Waals surface area contributed by atoms with Gasteiger partial charge in [0.2, 0.25) is 5.78 Å². The maximum absolute atomic E-state index is 12.9. The number of aromatic nitrogens is 3. The molecule has 0 radical (unpaired) electrons. The number of hydrogen-bond donors (Lipinski definition) is 3. The van der Waals surface area contributed by atoms with Gasteiger partial charge in [-0.3, -0.25) is 15.2 Å². The second-order valence-electron chi connectivity index (χ2n) is 6.65. The maximum atomic E-state index is 12.9. The number of nitrogens with two attached hydrogens (primary N) is 1. The predicted molar refractivity (Wildman–Crippen MR) is 110 cm³/mol. The number of pyridine rings is 1. The van der Waals surface area contributed by atoms with Gasteiger partial charge in [-0.15, -0.1) is 0 Å². The summed E-state index contributed by atoms with van der Waals surface area (Å²) >= 11 is 0. The Morgan fingerprint density at radius 3 is 2.54 bits per heavy atom. The fraction of sp³-hybridized carbons (Fsp3) is 0.0909. The molecule has 1 unspecified atom stereocenters. The van der Waals surface area contributed by atoms with Crippen LogP contribution in [0.3, 0.4) is 0 Å². The van der Waals surface area contributed by atoms with Crippen LogP contribution in [0.1, 0.15) is 40.2 Å². The van der Waals surface area contributed by atoms with Crippen LogP contribution in [-0.4, -0.2) is 26.4 Å². The van der Waals surface area contributed by atoms with Crippen molar-refractivity contribution in [1.82, 2.24) is 15.0 Å². The minimum atomic E-state index is -0.311. The van der Waals surface area contributed by atoms with Gasteiger partial charge >= 0.3 is 0 Å². The second-order valence-corrected chi connectivity index (χ2v) is 6.65. The van der Waals surface area contributed by atoms with Crippen LogP contribution < -0.4 is 5.73 Å². The SMILES string of the molecule is CC(C(=O)c1nc2cc(C(=N)c3ccncc3)c(N)cc2[nH]1)c1ccccc1. The molecule has 0 bridgehead atoms. The molecule has 0 saturated carbocycles. The van der Waals surface area contributed by atoms with Crippen molar-refractivity contribution in [1.29, 1.82) is 5.41 Å². The first-order valence-electron chi connectivity index (χ1n) is 8.92. The van der Waals surface area contributed by atoms with Crippen LogP contribution in [0.2, 0.25) is 0 Å². The van der Waals surface area contributed by atoms with Gasteiger partial charge in [0, 0.05) is 35.1 Å². The second kappa shape index (κ2) is 7.08. The number of Topliss-reactive ketones (excluding diaryl/α,β-unsaturated/α-hetero) is 1. The van der Waals surface area contributed by atoms with Gasteiger partial charge in [-0.25, -0.2) is 4.98 Å². The number of H-pyrrole nitrogens is 1. The van der Waals surface area contributed by atoms with Gasteiger partial charge in [-0.05, 0) is 29.8 Å². The maximum Gasteiger partial charge on any atom is 0.205 e. The molecule has 6 heteroatoms. The third-order valence-electron chi connectivity index (χ3n) is 4.82. The average Bonchev–Trinajstić information content (AvgIpc) is 3.15. The Labute approximate surface area is 162 Å². The normalized spacial score (nSPS) is 12.0. The van der Waals surface area contributed by atoms with E-state index in [9.17, 15) is 4.79 Å². The summed E-state index contributed by atoms with van der Waals surface area (Å²) in [6.07, 6.45) is 3.27. The minimum Gasteiger partial charge on any atom is -0.398 e. The molecule has 2 aromatic carbocycles. The average molecular weight is 369 g/mol. The highest BCUT2D eigenvalue weighted by atomic mass is 16.1. The van der Waals surface area contributed by atoms with Crippen molar-refractivity contribution in [3.05, 3.63) is 89.5 Å². The van der Waals surface area contributed by atoms with E-state index in [0.717, 1.165) is 5.56 Å². The lowest BCUT2D eigenvalue weighted by Gasteiger charge is -2.08. The number of rotatable bonds is 5. The van der Waals surface area contributed by atoms with Gasteiger partial charge in [0.15, 0.2) is 5.82 Å². The van der Waals surface area contributed by atoms with Crippen molar-refractivity contribution in [3.63, 3.8) is 0 Å². The van der Waals surface area contributed by atoms with E-state index in [0.29, 0.717) is 33.7 Å². The molecule has 0 aliphatic rings. The molecule has 138 valence electrons. The Balaban J connectivity index is 1.70. The zero-order valence-electron chi connectivity index (χ0n) is 15.3. The Kier molecular flexibility index (Phi) is 4.45. The largest absolute Gasteiger partial charge is 0.398 e. The number of aromatic amines is 1. The fourth-order valence-corrected chi connectivity index (χ4v) is 3.18. The third kappa shape index (κ3) is 3.16. The number of anilines is 1. The molecule has 0 fully saturated rings. The fourth-order valence-electron chi connectivity index (χ4n) is 3.18. The van der Waals surface area contributed by atoms with Crippen molar-refractivity contribution >= 4 is 28.2 Å². The molecule has 0 aliphatic heterocycles. The highest BCUT2D eigenvalue weighted by molar-refractivity contribution is 6.15. The molecule has 4 N–H and O–H groups in total. The zero-order chi connectivity index (χ0) is 19.7. The molecule has 6 nitrogen and oxygen atoms in total. The van der Waals surface area contributed by atoms with Crippen LogP contribution in [0.5, 0.6) is 0 Å². The third-order valence-corrected chi connectivity index (χ3v) is 4.82. The lowest BCUT2D eigenvalue weighted by atomic mass is 9.96. The summed E-state index contributed by atoms with van der Waals surface area (Å²) in [5.41, 5.74) is 10.4. The molecule has 0 aliphatic carbocycles. The Morgan fingerprint density at radius 1 is 1.11 bits per heavy atom. The van der Waals surface area contributed by atoms with Crippen LogP contribution in [0.4, 0.5) is 5.69 Å². The van der Waals surface area contributed by atoms with E-state index in [1.807, 2.05) is 37.3 Å². The quantitative estimate of drug-likeness (QED) is 0.281. The first kappa shape index (κ1) is 17.6. The first-order valence-corrected chi connectivity index (χ1v) is 8.92. The zero-order valence-corrected chi connectivity index (χ0v) is 15.3. The Morgan fingerprint density at radius 2 is 1.82 bits per heavy atom. The number of carbonyl (C=O) groups is 1. The van der Waals surface area contributed by atoms with E-state index in [-0.39, 0.29) is 17.4 Å². The van der Waals surface area contributed by atoms with E-state index < -0.39 is 0 Å². The Hall–Kier alpha value is -3.80. The van der Waals surface area contributed by atoms with Gasteiger partial charge in [-0.1, -0.05) is 37.3 Å². The molecule has 1 atom stereocenters. The van der Waals surface area contributed by atoms with Gasteiger partial charge in [0.25, 0.3) is 0 Å². The molecule has 28 heavy (non-hydrogen) atoms. The molecule has 0 amide bonds. The number of benzene rings is 2. The van der Waals surface area contributed by atoms with E-state index in [1.54, 1.807) is 36.7 Å². The summed E-state index contributed by atoms with van der Waals surface area (Å²) in [5, 5.41) is 8.45. The van der Waals surface area contributed by atoms with Gasteiger partial charge in [-0.2, -0.15) is 0 Å². The van der Waals surface area contributed by atoms with Crippen molar-refractivity contribution in [3.8, 4) is 0 Å². The van der Waals surface area contributed by atoms with Crippen LogP contribution in [0.15, 0.2) is 67.0 Å². The Bertz CT molecular complexity index is 1170. The smallest absolute Gasteiger partial charge is 0.205 e. The first-order chi connectivity index (χ1) is 13.5. The molecule has 4 rings (SSSR count). The molecule has 2 heterocycles. The number of ketones is 1. The van der Waals surface area contributed by atoms with Crippen molar-refractivity contribution in [2.75, 3.05) is 5.73 Å². The van der Waals surface area contributed by atoms with E-state index in [4.69, 9.17) is 11.1 Å². The molecule has 2 aromatic heterocycles. The number of hydrogen-bond acceptors (Lipinski definition) is 5. The molecular formula is C22H19N5O. The van der Waals surface area contributed by atoms with E-state index in [1.165, 1.54) is 0 Å². The molecule has 4 aromatic rings. The lowest BCUT2D eigenvalue weighted by Crippen LogP contribution is -2.11. The summed E-state index contributed by atoms with van der Waals surface area (Å²) in [6.45, 7) is 1.86. The van der Waals surface area contributed by atoms with E-state index in [2.05, 4.69) is 15.0 Å². The van der Waals surface area contributed by atoms with Gasteiger partial charge < -0.3 is 10.7 Å². The number of carbonyl (C=O) groups excluding carboxylic acids is 1. The predicted octanol–water partition coefficient (Wildman–Crippen LogP) is 3.94. The number of fused-ring (bicyclic) bond motifs is 1. The van der Waals surface area contributed by atoms with Crippen LogP contribution in [-0.2, 0) is 0 Å². The lowest BCUT2D eigenvalue weighted by molar-refractivity contribution is 0.0957.